The molecular weight excluding hydrogens is 324 g/mol. The molecule has 2 rings (SSSR count). The molecule has 0 fully saturated rings. The van der Waals surface area contributed by atoms with Crippen molar-refractivity contribution in [3.63, 3.8) is 0 Å². The van der Waals surface area contributed by atoms with E-state index in [9.17, 15) is 0 Å². The first-order valence-electron chi connectivity index (χ1n) is 4.22. The minimum Gasteiger partial charge on any atom is -0.146 e. The third kappa shape index (κ3) is 2.27. The van der Waals surface area contributed by atoms with Gasteiger partial charge in [0.2, 0.25) is 0 Å². The van der Waals surface area contributed by atoms with Crippen LogP contribution in [0.4, 0.5) is 0 Å². The quantitative estimate of drug-likeness (QED) is 0.737. The second-order valence-electron chi connectivity index (χ2n) is 2.98. The molecule has 0 nitrogen and oxygen atoms in total. The maximum absolute atomic E-state index is 3.57. The molecule has 0 radical (unpaired) electrons. The van der Waals surface area contributed by atoms with E-state index in [1.165, 1.54) is 14.9 Å². The third-order valence-electron chi connectivity index (χ3n) is 1.97. The lowest BCUT2D eigenvalue weighted by Gasteiger charge is -1.98. The van der Waals surface area contributed by atoms with Crippen molar-refractivity contribution in [3.05, 3.63) is 55.1 Å². The fourth-order valence-electron chi connectivity index (χ4n) is 1.26. The van der Waals surface area contributed by atoms with E-state index < -0.39 is 0 Å². The molecule has 14 heavy (non-hydrogen) atoms. The van der Waals surface area contributed by atoms with Crippen molar-refractivity contribution in [1.82, 2.24) is 0 Å². The summed E-state index contributed by atoms with van der Waals surface area (Å²) in [6.07, 6.45) is 0.998. The van der Waals surface area contributed by atoms with E-state index >= 15 is 0 Å². The summed E-state index contributed by atoms with van der Waals surface area (Å²) in [7, 11) is 0. The summed E-state index contributed by atoms with van der Waals surface area (Å²) >= 11 is 8.84. The van der Waals surface area contributed by atoms with Crippen LogP contribution >= 0.6 is 43.2 Å². The zero-order valence-electron chi connectivity index (χ0n) is 7.34. The monoisotopic (exact) mass is 330 g/mol. The van der Waals surface area contributed by atoms with Crippen LogP contribution in [0.5, 0.6) is 0 Å². The number of hydrogen-bond donors (Lipinski definition) is 0. The molecule has 3 heteroatoms. The molecule has 0 aliphatic rings. The zero-order chi connectivity index (χ0) is 9.97. The normalized spacial score (nSPS) is 10.4. The van der Waals surface area contributed by atoms with Gasteiger partial charge >= 0.3 is 0 Å². The average molecular weight is 332 g/mol. The fourth-order valence-corrected chi connectivity index (χ4v) is 3.42. The number of rotatable bonds is 2. The van der Waals surface area contributed by atoms with E-state index in [0.29, 0.717) is 0 Å². The van der Waals surface area contributed by atoms with Gasteiger partial charge in [0.05, 0.1) is 0 Å². The molecule has 0 saturated carbocycles. The van der Waals surface area contributed by atoms with Gasteiger partial charge in [-0.15, -0.1) is 11.3 Å². The lowest BCUT2D eigenvalue weighted by molar-refractivity contribution is 1.23. The lowest BCUT2D eigenvalue weighted by Crippen LogP contribution is -1.83. The number of thiophene rings is 1. The van der Waals surface area contributed by atoms with Gasteiger partial charge in [-0.1, -0.05) is 30.3 Å². The number of hydrogen-bond acceptors (Lipinski definition) is 1. The van der Waals surface area contributed by atoms with Crippen molar-refractivity contribution < 1.29 is 0 Å². The van der Waals surface area contributed by atoms with Gasteiger partial charge in [0.25, 0.3) is 0 Å². The highest BCUT2D eigenvalue weighted by Crippen LogP contribution is 2.33. The van der Waals surface area contributed by atoms with Crippen LogP contribution in [0.2, 0.25) is 0 Å². The smallest absolute Gasteiger partial charge is 0.0460 e. The first-order valence-corrected chi connectivity index (χ1v) is 6.69. The molecule has 0 N–H and O–H groups in total. The zero-order valence-corrected chi connectivity index (χ0v) is 11.3. The molecule has 0 atom stereocenters. The maximum Gasteiger partial charge on any atom is 0.0460 e. The van der Waals surface area contributed by atoms with Gasteiger partial charge in [-0.05, 0) is 37.4 Å². The van der Waals surface area contributed by atoms with Crippen LogP contribution in [0, 0.1) is 0 Å². The lowest BCUT2D eigenvalue weighted by atomic mass is 10.1. The molecule has 1 aromatic carbocycles. The van der Waals surface area contributed by atoms with E-state index in [2.05, 4.69) is 61.5 Å². The first-order chi connectivity index (χ1) is 6.77. The Bertz CT molecular complexity index is 420. The standard InChI is InChI=1S/C11H8Br2S/c12-9-7-14-10(11(9)13)6-8-4-2-1-3-5-8/h1-5,7H,6H2. The van der Waals surface area contributed by atoms with Gasteiger partial charge < -0.3 is 0 Å². The minimum atomic E-state index is 0.998. The molecule has 0 aliphatic carbocycles. The van der Waals surface area contributed by atoms with Crippen LogP contribution in [0.1, 0.15) is 10.4 Å². The van der Waals surface area contributed by atoms with Crippen LogP contribution in [0.15, 0.2) is 44.7 Å². The Morgan fingerprint density at radius 1 is 1.07 bits per heavy atom. The SMILES string of the molecule is Brc1csc(Cc2ccccc2)c1Br. The topological polar surface area (TPSA) is 0 Å². The van der Waals surface area contributed by atoms with Crippen LogP contribution in [0.3, 0.4) is 0 Å². The minimum absolute atomic E-state index is 0.998. The van der Waals surface area contributed by atoms with E-state index in [-0.39, 0.29) is 0 Å². The van der Waals surface area contributed by atoms with Crippen LogP contribution < -0.4 is 0 Å². The molecule has 0 amide bonds. The Morgan fingerprint density at radius 2 is 1.79 bits per heavy atom. The van der Waals surface area contributed by atoms with Gasteiger partial charge in [0, 0.05) is 25.6 Å². The molecule has 0 spiro atoms. The molecule has 0 unspecified atom stereocenters. The Morgan fingerprint density at radius 3 is 2.36 bits per heavy atom. The predicted octanol–water partition coefficient (Wildman–Crippen LogP) is 4.86. The third-order valence-corrected chi connectivity index (χ3v) is 5.58. The summed E-state index contributed by atoms with van der Waals surface area (Å²) in [4.78, 5) is 1.36. The van der Waals surface area contributed by atoms with Gasteiger partial charge in [0.15, 0.2) is 0 Å². The van der Waals surface area contributed by atoms with Crippen molar-refractivity contribution in [2.24, 2.45) is 0 Å². The highest BCUT2D eigenvalue weighted by molar-refractivity contribution is 9.13. The fraction of sp³-hybridized carbons (Fsp3) is 0.0909. The Labute approximate surface area is 104 Å². The van der Waals surface area contributed by atoms with Gasteiger partial charge in [-0.25, -0.2) is 0 Å². The number of halogens is 2. The molecule has 2 aromatic rings. The van der Waals surface area contributed by atoms with Crippen LogP contribution in [-0.4, -0.2) is 0 Å². The van der Waals surface area contributed by atoms with Crippen molar-refractivity contribution >= 4 is 43.2 Å². The Kier molecular flexibility index (Phi) is 3.42. The second-order valence-corrected chi connectivity index (χ2v) is 5.59. The van der Waals surface area contributed by atoms with E-state index in [4.69, 9.17) is 0 Å². The van der Waals surface area contributed by atoms with Crippen molar-refractivity contribution in [3.8, 4) is 0 Å². The summed E-state index contributed by atoms with van der Waals surface area (Å²) in [5.41, 5.74) is 1.35. The van der Waals surface area contributed by atoms with Crippen molar-refractivity contribution in [2.75, 3.05) is 0 Å². The summed E-state index contributed by atoms with van der Waals surface area (Å²) in [6, 6.07) is 10.5. The molecule has 72 valence electrons. The molecular formula is C11H8Br2S. The highest BCUT2D eigenvalue weighted by Gasteiger charge is 2.06. The molecule has 1 heterocycles. The predicted molar refractivity (Wildman–Crippen MR) is 69.0 cm³/mol. The molecule has 1 aromatic heterocycles. The Hall–Kier alpha value is -0.120. The molecule has 0 saturated heterocycles. The van der Waals surface area contributed by atoms with E-state index in [1.807, 2.05) is 6.07 Å². The van der Waals surface area contributed by atoms with Crippen LogP contribution in [0.25, 0.3) is 0 Å². The van der Waals surface area contributed by atoms with E-state index in [1.54, 1.807) is 11.3 Å². The first kappa shape index (κ1) is 10.4. The Balaban J connectivity index is 2.23. The largest absolute Gasteiger partial charge is 0.146 e. The maximum atomic E-state index is 3.57. The summed E-state index contributed by atoms with van der Waals surface area (Å²) in [5.74, 6) is 0. The average Bonchev–Trinajstić information content (AvgIpc) is 2.52. The molecule has 0 aliphatic heterocycles. The van der Waals surface area contributed by atoms with E-state index in [0.717, 1.165) is 10.9 Å². The number of benzene rings is 1. The summed E-state index contributed by atoms with van der Waals surface area (Å²) in [5, 5.41) is 2.11. The van der Waals surface area contributed by atoms with Crippen molar-refractivity contribution in [1.29, 1.82) is 0 Å². The van der Waals surface area contributed by atoms with Gasteiger partial charge in [-0.3, -0.25) is 0 Å². The van der Waals surface area contributed by atoms with Gasteiger partial charge in [0.1, 0.15) is 0 Å². The second kappa shape index (κ2) is 4.60. The highest BCUT2D eigenvalue weighted by atomic mass is 79.9. The summed E-state index contributed by atoms with van der Waals surface area (Å²) in [6.45, 7) is 0. The molecule has 0 bridgehead atoms. The van der Waals surface area contributed by atoms with Crippen molar-refractivity contribution in [2.45, 2.75) is 6.42 Å². The van der Waals surface area contributed by atoms with Crippen LogP contribution in [-0.2, 0) is 6.42 Å². The summed E-state index contributed by atoms with van der Waals surface area (Å²) < 4.78 is 2.33. The van der Waals surface area contributed by atoms with Gasteiger partial charge in [-0.2, -0.15) is 0 Å².